The van der Waals surface area contributed by atoms with Gasteiger partial charge in [-0.3, -0.25) is 28.8 Å². The van der Waals surface area contributed by atoms with Gasteiger partial charge < -0.3 is 15.2 Å². The average molecular weight is 382 g/mol. The molecule has 150 valence electrons. The van der Waals surface area contributed by atoms with Crippen LogP contribution in [0.1, 0.15) is 26.7 Å². The summed E-state index contributed by atoms with van der Waals surface area (Å²) < 4.78 is 11.2. The van der Waals surface area contributed by atoms with Gasteiger partial charge in [-0.2, -0.15) is 0 Å². The smallest absolute Gasteiger partial charge is 0.330 e. The highest BCUT2D eigenvalue weighted by molar-refractivity contribution is 5.97. The van der Waals surface area contributed by atoms with Crippen molar-refractivity contribution in [1.29, 1.82) is 0 Å². The number of aromatic amines is 1. The number of nitrogens with zero attached hydrogens (tertiary/aromatic N) is 2. The molecular formula is C17H26N4O6. The third kappa shape index (κ3) is 5.19. The number of carbonyl (C=O) groups excluding carboxylic acids is 2. The molecule has 1 saturated carbocycles. The van der Waals surface area contributed by atoms with E-state index in [0.29, 0.717) is 0 Å². The van der Waals surface area contributed by atoms with E-state index in [1.807, 2.05) is 13.8 Å². The van der Waals surface area contributed by atoms with Gasteiger partial charge in [0.15, 0.2) is 12.3 Å². The zero-order chi connectivity index (χ0) is 20.1. The van der Waals surface area contributed by atoms with Crippen LogP contribution in [-0.4, -0.2) is 48.3 Å². The number of H-pyrrole nitrogens is 1. The Bertz CT molecular complexity index is 809. The van der Waals surface area contributed by atoms with Gasteiger partial charge in [0, 0.05) is 20.2 Å². The van der Waals surface area contributed by atoms with Crippen molar-refractivity contribution in [3.05, 3.63) is 20.8 Å². The SMILES string of the molecule is COCCN(C(=O)COC(=O)C1CC1)c1c(N)n(CC(C)C)c(=O)[nH]c1=O. The van der Waals surface area contributed by atoms with Crippen LogP contribution in [-0.2, 0) is 25.6 Å². The Labute approximate surface area is 156 Å². The molecule has 1 aromatic heterocycles. The first-order valence-corrected chi connectivity index (χ1v) is 8.84. The van der Waals surface area contributed by atoms with E-state index in [1.54, 1.807) is 0 Å². The van der Waals surface area contributed by atoms with Crippen molar-refractivity contribution < 1.29 is 19.1 Å². The number of hydrogen-bond donors (Lipinski definition) is 2. The van der Waals surface area contributed by atoms with E-state index in [0.717, 1.165) is 17.7 Å². The van der Waals surface area contributed by atoms with Crippen LogP contribution in [0.4, 0.5) is 11.5 Å². The van der Waals surface area contributed by atoms with E-state index < -0.39 is 29.7 Å². The van der Waals surface area contributed by atoms with Crippen molar-refractivity contribution in [2.45, 2.75) is 33.2 Å². The molecule has 0 bridgehead atoms. The van der Waals surface area contributed by atoms with Crippen LogP contribution in [0.5, 0.6) is 0 Å². The number of aromatic nitrogens is 2. The fourth-order valence-corrected chi connectivity index (χ4v) is 2.58. The van der Waals surface area contributed by atoms with Gasteiger partial charge >= 0.3 is 11.7 Å². The number of nitrogen functional groups attached to an aromatic ring is 1. The summed E-state index contributed by atoms with van der Waals surface area (Å²) in [5, 5.41) is 0. The van der Waals surface area contributed by atoms with Crippen LogP contribution in [0.25, 0.3) is 0 Å². The number of amides is 1. The van der Waals surface area contributed by atoms with Crippen LogP contribution in [0.3, 0.4) is 0 Å². The number of hydrogen-bond acceptors (Lipinski definition) is 7. The summed E-state index contributed by atoms with van der Waals surface area (Å²) in [6.07, 6.45) is 1.51. The molecule has 3 N–H and O–H groups in total. The molecule has 0 saturated heterocycles. The minimum Gasteiger partial charge on any atom is -0.455 e. The maximum Gasteiger partial charge on any atom is 0.330 e. The Morgan fingerprint density at radius 3 is 2.56 bits per heavy atom. The highest BCUT2D eigenvalue weighted by Gasteiger charge is 2.32. The highest BCUT2D eigenvalue weighted by atomic mass is 16.5. The molecule has 1 aliphatic rings. The van der Waals surface area contributed by atoms with E-state index >= 15 is 0 Å². The minimum absolute atomic E-state index is 0.0173. The number of anilines is 2. The third-order valence-corrected chi connectivity index (χ3v) is 4.10. The lowest BCUT2D eigenvalue weighted by atomic mass is 10.2. The lowest BCUT2D eigenvalue weighted by molar-refractivity contribution is -0.149. The van der Waals surface area contributed by atoms with Gasteiger partial charge in [0.05, 0.1) is 12.5 Å². The van der Waals surface area contributed by atoms with Crippen LogP contribution >= 0.6 is 0 Å². The second-order valence-electron chi connectivity index (χ2n) is 6.92. The van der Waals surface area contributed by atoms with Gasteiger partial charge in [-0.15, -0.1) is 0 Å². The number of carbonyl (C=O) groups is 2. The standard InChI is InChI=1S/C17H26N4O6/c1-10(2)8-21-14(18)13(15(23)19-17(21)25)20(6-7-26-3)12(22)9-27-16(24)11-4-5-11/h10-11H,4-9,18H2,1-3H3,(H,19,23,25). The summed E-state index contributed by atoms with van der Waals surface area (Å²) in [6, 6.07) is 0. The number of esters is 1. The van der Waals surface area contributed by atoms with E-state index in [2.05, 4.69) is 4.98 Å². The van der Waals surface area contributed by atoms with Crippen LogP contribution in [0.15, 0.2) is 9.59 Å². The molecular weight excluding hydrogens is 356 g/mol. The molecule has 0 atom stereocenters. The Morgan fingerprint density at radius 2 is 2.00 bits per heavy atom. The summed E-state index contributed by atoms with van der Waals surface area (Å²) in [6.45, 7) is 3.69. The fraction of sp³-hybridized carbons (Fsp3) is 0.647. The molecule has 1 fully saturated rings. The molecule has 1 aromatic rings. The molecule has 0 aromatic carbocycles. The van der Waals surface area contributed by atoms with Crippen molar-refractivity contribution >= 4 is 23.4 Å². The van der Waals surface area contributed by atoms with Crippen molar-refractivity contribution in [3.63, 3.8) is 0 Å². The third-order valence-electron chi connectivity index (χ3n) is 4.10. The molecule has 2 rings (SSSR count). The van der Waals surface area contributed by atoms with Gasteiger partial charge in [-0.25, -0.2) is 4.79 Å². The highest BCUT2D eigenvalue weighted by Crippen LogP contribution is 2.30. The molecule has 27 heavy (non-hydrogen) atoms. The average Bonchev–Trinajstić information content (AvgIpc) is 3.43. The lowest BCUT2D eigenvalue weighted by Gasteiger charge is -2.24. The van der Waals surface area contributed by atoms with E-state index in [9.17, 15) is 19.2 Å². The molecule has 1 heterocycles. The molecule has 0 spiro atoms. The Balaban J connectivity index is 2.33. The van der Waals surface area contributed by atoms with Crippen molar-refractivity contribution in [1.82, 2.24) is 9.55 Å². The van der Waals surface area contributed by atoms with Crippen molar-refractivity contribution in [2.75, 3.05) is 37.5 Å². The predicted octanol–water partition coefficient (Wildman–Crippen LogP) is -0.293. The van der Waals surface area contributed by atoms with Crippen molar-refractivity contribution in [3.8, 4) is 0 Å². The van der Waals surface area contributed by atoms with Crippen LogP contribution < -0.4 is 21.9 Å². The number of methoxy groups -OCH3 is 1. The quantitative estimate of drug-likeness (QED) is 0.560. The summed E-state index contributed by atoms with van der Waals surface area (Å²) in [5.41, 5.74) is 4.48. The molecule has 0 aliphatic heterocycles. The predicted molar refractivity (Wildman–Crippen MR) is 98.5 cm³/mol. The van der Waals surface area contributed by atoms with Gasteiger partial charge in [0.2, 0.25) is 0 Å². The number of rotatable bonds is 9. The van der Waals surface area contributed by atoms with Crippen LogP contribution in [0.2, 0.25) is 0 Å². The monoisotopic (exact) mass is 382 g/mol. The Morgan fingerprint density at radius 1 is 1.33 bits per heavy atom. The Kier molecular flexibility index (Phi) is 6.78. The van der Waals surface area contributed by atoms with Crippen LogP contribution in [0, 0.1) is 11.8 Å². The normalized spacial score (nSPS) is 13.6. The van der Waals surface area contributed by atoms with E-state index in [4.69, 9.17) is 15.2 Å². The first-order valence-electron chi connectivity index (χ1n) is 8.84. The summed E-state index contributed by atoms with van der Waals surface area (Å²) in [4.78, 5) is 52.0. The van der Waals surface area contributed by atoms with Gasteiger partial charge in [0.25, 0.3) is 11.5 Å². The number of ether oxygens (including phenoxy) is 2. The summed E-state index contributed by atoms with van der Waals surface area (Å²) >= 11 is 0. The fourth-order valence-electron chi connectivity index (χ4n) is 2.58. The number of nitrogens with two attached hydrogens (primary N) is 1. The molecule has 1 amide bonds. The molecule has 10 nitrogen and oxygen atoms in total. The van der Waals surface area contributed by atoms with E-state index in [-0.39, 0.29) is 43.0 Å². The van der Waals surface area contributed by atoms with Crippen molar-refractivity contribution in [2.24, 2.45) is 11.8 Å². The molecule has 0 unspecified atom stereocenters. The van der Waals surface area contributed by atoms with Gasteiger partial charge in [-0.1, -0.05) is 13.8 Å². The maximum atomic E-state index is 12.6. The first kappa shape index (κ1) is 20.7. The first-order chi connectivity index (χ1) is 12.8. The second-order valence-corrected chi connectivity index (χ2v) is 6.92. The zero-order valence-corrected chi connectivity index (χ0v) is 15.8. The second kappa shape index (κ2) is 8.85. The minimum atomic E-state index is -0.782. The maximum absolute atomic E-state index is 12.6. The largest absolute Gasteiger partial charge is 0.455 e. The zero-order valence-electron chi connectivity index (χ0n) is 15.8. The number of nitrogens with one attached hydrogen (secondary N) is 1. The molecule has 0 radical (unpaired) electrons. The summed E-state index contributed by atoms with van der Waals surface area (Å²) in [5.74, 6) is -1.22. The Hall–Kier alpha value is -2.62. The van der Waals surface area contributed by atoms with E-state index in [1.165, 1.54) is 11.7 Å². The van der Waals surface area contributed by atoms with Gasteiger partial charge in [0.1, 0.15) is 5.82 Å². The molecule has 1 aliphatic carbocycles. The lowest BCUT2D eigenvalue weighted by Crippen LogP contribution is -2.44. The molecule has 10 heteroatoms. The topological polar surface area (TPSA) is 137 Å². The van der Waals surface area contributed by atoms with Gasteiger partial charge in [-0.05, 0) is 18.8 Å². The summed E-state index contributed by atoms with van der Waals surface area (Å²) in [7, 11) is 1.45.